The minimum Gasteiger partial charge on any atom is -0.380 e. The van der Waals surface area contributed by atoms with Crippen molar-refractivity contribution in [1.82, 2.24) is 10.6 Å². The van der Waals surface area contributed by atoms with Gasteiger partial charge in [0.2, 0.25) is 5.91 Å². The van der Waals surface area contributed by atoms with E-state index in [0.717, 1.165) is 17.7 Å². The molecule has 1 fully saturated rings. The molecule has 0 atom stereocenters. The standard InChI is InChI=1S/C15H22N2O2/c1-19-11-13-4-2-3-12(9-13)10-17-15(18)7-8-16-14-5-6-14/h2-4,9,14,16H,5-8,10-11H2,1H3,(H,17,18). The largest absolute Gasteiger partial charge is 0.380 e. The van der Waals surface area contributed by atoms with Crippen molar-refractivity contribution in [2.75, 3.05) is 13.7 Å². The molecule has 2 N–H and O–H groups in total. The first kappa shape index (κ1) is 14.0. The van der Waals surface area contributed by atoms with Crippen LogP contribution in [0.2, 0.25) is 0 Å². The maximum Gasteiger partial charge on any atom is 0.221 e. The smallest absolute Gasteiger partial charge is 0.221 e. The van der Waals surface area contributed by atoms with Gasteiger partial charge >= 0.3 is 0 Å². The zero-order valence-corrected chi connectivity index (χ0v) is 11.4. The number of carbonyl (C=O) groups is 1. The summed E-state index contributed by atoms with van der Waals surface area (Å²) in [7, 11) is 1.68. The molecule has 1 aromatic carbocycles. The normalized spacial score (nSPS) is 14.4. The van der Waals surface area contributed by atoms with E-state index in [9.17, 15) is 4.79 Å². The fourth-order valence-corrected chi connectivity index (χ4v) is 1.96. The van der Waals surface area contributed by atoms with Gasteiger partial charge in [-0.2, -0.15) is 0 Å². The fraction of sp³-hybridized carbons (Fsp3) is 0.533. The molecule has 0 spiro atoms. The molecule has 104 valence electrons. The van der Waals surface area contributed by atoms with Crippen molar-refractivity contribution in [2.24, 2.45) is 0 Å². The maximum atomic E-state index is 11.7. The second-order valence-corrected chi connectivity index (χ2v) is 5.01. The lowest BCUT2D eigenvalue weighted by Gasteiger charge is -2.07. The van der Waals surface area contributed by atoms with Crippen LogP contribution in [0.5, 0.6) is 0 Å². The third-order valence-corrected chi connectivity index (χ3v) is 3.15. The van der Waals surface area contributed by atoms with Crippen LogP contribution < -0.4 is 10.6 Å². The van der Waals surface area contributed by atoms with Crippen molar-refractivity contribution in [1.29, 1.82) is 0 Å². The Hall–Kier alpha value is -1.39. The van der Waals surface area contributed by atoms with Gasteiger partial charge in [0.1, 0.15) is 0 Å². The number of ether oxygens (including phenoxy) is 1. The lowest BCUT2D eigenvalue weighted by molar-refractivity contribution is -0.121. The topological polar surface area (TPSA) is 50.4 Å². The van der Waals surface area contributed by atoms with E-state index in [1.54, 1.807) is 7.11 Å². The zero-order valence-electron chi connectivity index (χ0n) is 11.4. The Labute approximate surface area is 114 Å². The minimum absolute atomic E-state index is 0.102. The molecule has 1 saturated carbocycles. The van der Waals surface area contributed by atoms with Gasteiger partial charge < -0.3 is 15.4 Å². The quantitative estimate of drug-likeness (QED) is 0.748. The molecule has 0 unspecified atom stereocenters. The molecule has 0 aliphatic heterocycles. The Balaban J connectivity index is 1.68. The molecule has 0 radical (unpaired) electrons. The Kier molecular flexibility index (Phi) is 5.36. The number of amides is 1. The van der Waals surface area contributed by atoms with Crippen molar-refractivity contribution < 1.29 is 9.53 Å². The molecule has 0 heterocycles. The third kappa shape index (κ3) is 5.41. The summed E-state index contributed by atoms with van der Waals surface area (Å²) in [6.45, 7) is 1.97. The minimum atomic E-state index is 0.102. The first-order chi connectivity index (χ1) is 9.28. The fourth-order valence-electron chi connectivity index (χ4n) is 1.96. The second-order valence-electron chi connectivity index (χ2n) is 5.01. The summed E-state index contributed by atoms with van der Waals surface area (Å²) >= 11 is 0. The molecular weight excluding hydrogens is 240 g/mol. The molecule has 1 aliphatic rings. The molecular formula is C15H22N2O2. The van der Waals surface area contributed by atoms with E-state index < -0.39 is 0 Å². The SMILES string of the molecule is COCc1cccc(CNC(=O)CCNC2CC2)c1. The van der Waals surface area contributed by atoms with Crippen LogP contribution in [0.3, 0.4) is 0 Å². The van der Waals surface area contributed by atoms with Crippen molar-refractivity contribution in [2.45, 2.75) is 38.5 Å². The van der Waals surface area contributed by atoms with Crippen molar-refractivity contribution >= 4 is 5.91 Å². The second kappa shape index (κ2) is 7.26. The van der Waals surface area contributed by atoms with Crippen LogP contribution in [0, 0.1) is 0 Å². The molecule has 19 heavy (non-hydrogen) atoms. The van der Waals surface area contributed by atoms with E-state index in [1.165, 1.54) is 12.8 Å². The first-order valence-electron chi connectivity index (χ1n) is 6.85. The van der Waals surface area contributed by atoms with Crippen LogP contribution in [0.4, 0.5) is 0 Å². The van der Waals surface area contributed by atoms with Crippen LogP contribution in [0.1, 0.15) is 30.4 Å². The predicted octanol–water partition coefficient (Wildman–Crippen LogP) is 1.59. The summed E-state index contributed by atoms with van der Waals surface area (Å²) < 4.78 is 5.09. The summed E-state index contributed by atoms with van der Waals surface area (Å²) in [4.78, 5) is 11.7. The van der Waals surface area contributed by atoms with E-state index >= 15 is 0 Å². The van der Waals surface area contributed by atoms with Gasteiger partial charge in [-0.05, 0) is 24.0 Å². The average Bonchev–Trinajstić information content (AvgIpc) is 3.21. The number of methoxy groups -OCH3 is 1. The number of rotatable bonds is 8. The number of hydrogen-bond donors (Lipinski definition) is 2. The van der Waals surface area contributed by atoms with Crippen LogP contribution in [0.15, 0.2) is 24.3 Å². The Bertz CT molecular complexity index is 416. The zero-order chi connectivity index (χ0) is 13.5. The van der Waals surface area contributed by atoms with E-state index in [2.05, 4.69) is 16.7 Å². The number of carbonyl (C=O) groups excluding carboxylic acids is 1. The van der Waals surface area contributed by atoms with Gasteiger partial charge in [0.25, 0.3) is 0 Å². The molecule has 0 aromatic heterocycles. The Morgan fingerprint density at radius 2 is 2.16 bits per heavy atom. The third-order valence-electron chi connectivity index (χ3n) is 3.15. The molecule has 2 rings (SSSR count). The molecule has 4 nitrogen and oxygen atoms in total. The Morgan fingerprint density at radius 3 is 2.89 bits per heavy atom. The van der Waals surface area contributed by atoms with Gasteiger partial charge in [-0.1, -0.05) is 24.3 Å². The summed E-state index contributed by atoms with van der Waals surface area (Å²) in [5, 5.41) is 6.28. The van der Waals surface area contributed by atoms with Crippen LogP contribution >= 0.6 is 0 Å². The highest BCUT2D eigenvalue weighted by molar-refractivity contribution is 5.76. The van der Waals surface area contributed by atoms with Crippen molar-refractivity contribution in [3.63, 3.8) is 0 Å². The summed E-state index contributed by atoms with van der Waals surface area (Å²) in [5.41, 5.74) is 2.24. The number of nitrogens with one attached hydrogen (secondary N) is 2. The molecule has 1 amide bonds. The van der Waals surface area contributed by atoms with E-state index in [-0.39, 0.29) is 5.91 Å². The van der Waals surface area contributed by atoms with Crippen molar-refractivity contribution in [3.05, 3.63) is 35.4 Å². The van der Waals surface area contributed by atoms with Crippen molar-refractivity contribution in [3.8, 4) is 0 Å². The lowest BCUT2D eigenvalue weighted by Crippen LogP contribution is -2.28. The summed E-state index contributed by atoms with van der Waals surface area (Å²) in [6.07, 6.45) is 3.07. The van der Waals surface area contributed by atoms with E-state index in [4.69, 9.17) is 4.74 Å². The monoisotopic (exact) mass is 262 g/mol. The highest BCUT2D eigenvalue weighted by Gasteiger charge is 2.19. The van der Waals surface area contributed by atoms with Crippen LogP contribution in [-0.4, -0.2) is 25.6 Å². The van der Waals surface area contributed by atoms with Gasteiger partial charge in [-0.25, -0.2) is 0 Å². The lowest BCUT2D eigenvalue weighted by atomic mass is 10.1. The molecule has 1 aromatic rings. The van der Waals surface area contributed by atoms with E-state index in [1.807, 2.05) is 18.2 Å². The van der Waals surface area contributed by atoms with Gasteiger partial charge in [0.15, 0.2) is 0 Å². The highest BCUT2D eigenvalue weighted by Crippen LogP contribution is 2.18. The Morgan fingerprint density at radius 1 is 1.37 bits per heavy atom. The van der Waals surface area contributed by atoms with E-state index in [0.29, 0.717) is 25.6 Å². The van der Waals surface area contributed by atoms with Gasteiger partial charge in [0.05, 0.1) is 6.61 Å². The summed E-state index contributed by atoms with van der Waals surface area (Å²) in [5.74, 6) is 0.102. The number of hydrogen-bond acceptors (Lipinski definition) is 3. The molecule has 4 heteroatoms. The first-order valence-corrected chi connectivity index (χ1v) is 6.85. The van der Waals surface area contributed by atoms with Gasteiger partial charge in [-0.15, -0.1) is 0 Å². The number of benzene rings is 1. The molecule has 0 bridgehead atoms. The predicted molar refractivity (Wildman–Crippen MR) is 74.6 cm³/mol. The van der Waals surface area contributed by atoms with Gasteiger partial charge in [-0.3, -0.25) is 4.79 Å². The van der Waals surface area contributed by atoms with Gasteiger partial charge in [0, 0.05) is 32.7 Å². The highest BCUT2D eigenvalue weighted by atomic mass is 16.5. The average molecular weight is 262 g/mol. The van der Waals surface area contributed by atoms with Crippen LogP contribution in [-0.2, 0) is 22.7 Å². The molecule has 0 saturated heterocycles. The maximum absolute atomic E-state index is 11.7. The van der Waals surface area contributed by atoms with Crippen LogP contribution in [0.25, 0.3) is 0 Å². The molecule has 1 aliphatic carbocycles. The summed E-state index contributed by atoms with van der Waals surface area (Å²) in [6, 6.07) is 8.76.